The number of benzene rings is 1. The number of amides is 1. The minimum atomic E-state index is -0.623. The van der Waals surface area contributed by atoms with Crippen molar-refractivity contribution in [3.05, 3.63) is 51.9 Å². The minimum Gasteiger partial charge on any atom is -0.368 e. The molecule has 3 N–H and O–H groups in total. The Morgan fingerprint density at radius 2 is 2.07 bits per heavy atom. The van der Waals surface area contributed by atoms with Crippen molar-refractivity contribution in [1.29, 1.82) is 5.26 Å². The average Bonchev–Trinajstić information content (AvgIpc) is 3.19. The van der Waals surface area contributed by atoms with Crippen LogP contribution >= 0.6 is 23.1 Å². The van der Waals surface area contributed by atoms with Crippen molar-refractivity contribution in [1.82, 2.24) is 14.8 Å². The highest BCUT2D eigenvalue weighted by molar-refractivity contribution is 7.98. The van der Waals surface area contributed by atoms with Gasteiger partial charge in [-0.15, -0.1) is 21.5 Å². The highest BCUT2D eigenvalue weighted by atomic mass is 32.2. The number of carbonyl (C=O) groups excluding carboxylic acids is 1. The first-order chi connectivity index (χ1) is 13.4. The molecule has 7 nitrogen and oxygen atoms in total. The van der Waals surface area contributed by atoms with Crippen LogP contribution in [0.25, 0.3) is 0 Å². The van der Waals surface area contributed by atoms with Gasteiger partial charge < -0.3 is 11.1 Å². The molecule has 3 aromatic rings. The molecule has 0 saturated heterocycles. The van der Waals surface area contributed by atoms with Crippen LogP contribution in [0.5, 0.6) is 0 Å². The molecule has 144 valence electrons. The van der Waals surface area contributed by atoms with Crippen molar-refractivity contribution in [2.45, 2.75) is 37.7 Å². The van der Waals surface area contributed by atoms with Gasteiger partial charge in [0.15, 0.2) is 5.16 Å². The normalized spacial score (nSPS) is 11.8. The standard InChI is InChI=1S/C19H20N6OS2/c1-11-13(3)28-17(15(11)9-20)22-16(26)12(2)25-18(21)23-24-19(25)27-10-14-7-5-4-6-8-14/h4-8,12H,10H2,1-3H3,(H2,21,23)(H,22,26). The Kier molecular flexibility index (Phi) is 6.02. The predicted molar refractivity (Wildman–Crippen MR) is 112 cm³/mol. The molecule has 0 saturated carbocycles. The summed E-state index contributed by atoms with van der Waals surface area (Å²) in [4.78, 5) is 13.8. The summed E-state index contributed by atoms with van der Waals surface area (Å²) in [6, 6.07) is 11.5. The molecule has 28 heavy (non-hydrogen) atoms. The Labute approximate surface area is 171 Å². The van der Waals surface area contributed by atoms with Gasteiger partial charge in [-0.25, -0.2) is 0 Å². The van der Waals surface area contributed by atoms with E-state index < -0.39 is 6.04 Å². The van der Waals surface area contributed by atoms with Crippen molar-refractivity contribution in [3.8, 4) is 6.07 Å². The second-order valence-electron chi connectivity index (χ2n) is 6.25. The Bertz CT molecular complexity index is 1030. The van der Waals surface area contributed by atoms with Gasteiger partial charge in [0.25, 0.3) is 0 Å². The first-order valence-corrected chi connectivity index (χ1v) is 10.4. The largest absolute Gasteiger partial charge is 0.368 e. The van der Waals surface area contributed by atoms with E-state index in [1.54, 1.807) is 11.5 Å². The summed E-state index contributed by atoms with van der Waals surface area (Å²) in [7, 11) is 0. The number of thioether (sulfide) groups is 1. The topological polar surface area (TPSA) is 110 Å². The van der Waals surface area contributed by atoms with E-state index in [0.29, 0.717) is 21.5 Å². The number of hydrogen-bond acceptors (Lipinski definition) is 7. The summed E-state index contributed by atoms with van der Waals surface area (Å²) in [5.41, 5.74) is 8.50. The highest BCUT2D eigenvalue weighted by Crippen LogP contribution is 2.33. The lowest BCUT2D eigenvalue weighted by molar-refractivity contribution is -0.118. The number of rotatable bonds is 6. The van der Waals surface area contributed by atoms with E-state index in [9.17, 15) is 10.1 Å². The van der Waals surface area contributed by atoms with Crippen LogP contribution in [-0.2, 0) is 10.5 Å². The average molecular weight is 413 g/mol. The fourth-order valence-corrected chi connectivity index (χ4v) is 4.65. The maximum atomic E-state index is 12.8. The summed E-state index contributed by atoms with van der Waals surface area (Å²) in [5, 5.41) is 21.4. The maximum Gasteiger partial charge on any atom is 0.248 e. The van der Waals surface area contributed by atoms with Crippen molar-refractivity contribution in [3.63, 3.8) is 0 Å². The van der Waals surface area contributed by atoms with Gasteiger partial charge in [0, 0.05) is 10.6 Å². The van der Waals surface area contributed by atoms with Crippen LogP contribution in [0.3, 0.4) is 0 Å². The summed E-state index contributed by atoms with van der Waals surface area (Å²) in [6.07, 6.45) is 0. The van der Waals surface area contributed by atoms with E-state index in [2.05, 4.69) is 21.6 Å². The molecule has 1 aromatic carbocycles. The van der Waals surface area contributed by atoms with Gasteiger partial charge in [-0.2, -0.15) is 5.26 Å². The van der Waals surface area contributed by atoms with E-state index in [1.165, 1.54) is 23.1 Å². The highest BCUT2D eigenvalue weighted by Gasteiger charge is 2.24. The number of nitrogens with two attached hydrogens (primary N) is 1. The zero-order valence-electron chi connectivity index (χ0n) is 15.8. The number of aromatic nitrogens is 3. The van der Waals surface area contributed by atoms with Crippen LogP contribution in [0.2, 0.25) is 0 Å². The molecular formula is C19H20N6OS2. The number of nitrogens with zero attached hydrogens (tertiary/aromatic N) is 4. The molecule has 0 radical (unpaired) electrons. The zero-order chi connectivity index (χ0) is 20.3. The van der Waals surface area contributed by atoms with Crippen LogP contribution in [0, 0.1) is 25.2 Å². The SMILES string of the molecule is Cc1sc(NC(=O)C(C)n2c(N)nnc2SCc2ccccc2)c(C#N)c1C. The fraction of sp³-hybridized carbons (Fsp3) is 0.263. The summed E-state index contributed by atoms with van der Waals surface area (Å²) in [6.45, 7) is 5.54. The molecule has 2 heterocycles. The van der Waals surface area contributed by atoms with Gasteiger partial charge in [0.2, 0.25) is 11.9 Å². The molecule has 3 rings (SSSR count). The van der Waals surface area contributed by atoms with Gasteiger partial charge in [0.05, 0.1) is 5.56 Å². The first-order valence-electron chi connectivity index (χ1n) is 8.60. The van der Waals surface area contributed by atoms with Gasteiger partial charge in [0.1, 0.15) is 17.1 Å². The lowest BCUT2D eigenvalue weighted by atomic mass is 10.2. The van der Waals surface area contributed by atoms with Crippen LogP contribution in [0.4, 0.5) is 10.9 Å². The number of thiophene rings is 1. The van der Waals surface area contributed by atoms with Gasteiger partial charge in [-0.05, 0) is 31.9 Å². The molecule has 2 aromatic heterocycles. The predicted octanol–water partition coefficient (Wildman–Crippen LogP) is 3.90. The Balaban J connectivity index is 1.78. The number of hydrogen-bond donors (Lipinski definition) is 2. The van der Waals surface area contributed by atoms with E-state index in [-0.39, 0.29) is 11.9 Å². The van der Waals surface area contributed by atoms with Crippen LogP contribution in [0.15, 0.2) is 35.5 Å². The smallest absolute Gasteiger partial charge is 0.248 e. The third-order valence-electron chi connectivity index (χ3n) is 4.40. The Morgan fingerprint density at radius 3 is 2.75 bits per heavy atom. The number of nitrogen functional groups attached to an aromatic ring is 1. The lowest BCUT2D eigenvalue weighted by Gasteiger charge is -2.16. The van der Waals surface area contributed by atoms with Gasteiger partial charge in [-0.1, -0.05) is 42.1 Å². The quantitative estimate of drug-likeness (QED) is 0.594. The molecule has 0 aliphatic heterocycles. The maximum absolute atomic E-state index is 12.8. The van der Waals surface area contributed by atoms with Gasteiger partial charge >= 0.3 is 0 Å². The minimum absolute atomic E-state index is 0.178. The van der Waals surface area contributed by atoms with E-state index >= 15 is 0 Å². The summed E-state index contributed by atoms with van der Waals surface area (Å²) >= 11 is 2.86. The summed E-state index contributed by atoms with van der Waals surface area (Å²) in [5.74, 6) is 0.595. The molecule has 0 spiro atoms. The number of anilines is 2. The van der Waals surface area contributed by atoms with E-state index in [0.717, 1.165) is 16.0 Å². The number of nitrogens with one attached hydrogen (secondary N) is 1. The number of nitriles is 1. The van der Waals surface area contributed by atoms with Crippen molar-refractivity contribution >= 4 is 40.0 Å². The second kappa shape index (κ2) is 8.46. The van der Waals surface area contributed by atoms with E-state index in [1.807, 2.05) is 44.2 Å². The van der Waals surface area contributed by atoms with Crippen molar-refractivity contribution < 1.29 is 4.79 Å². The molecule has 9 heteroatoms. The van der Waals surface area contributed by atoms with Crippen LogP contribution in [-0.4, -0.2) is 20.7 Å². The monoisotopic (exact) mass is 412 g/mol. The fourth-order valence-electron chi connectivity index (χ4n) is 2.66. The number of aryl methyl sites for hydroxylation is 1. The molecular weight excluding hydrogens is 392 g/mol. The molecule has 0 fully saturated rings. The van der Waals surface area contributed by atoms with Gasteiger partial charge in [-0.3, -0.25) is 9.36 Å². The Hall–Kier alpha value is -2.83. The second-order valence-corrected chi connectivity index (χ2v) is 8.42. The first kappa shape index (κ1) is 19.9. The summed E-state index contributed by atoms with van der Waals surface area (Å²) < 4.78 is 1.61. The van der Waals surface area contributed by atoms with Crippen LogP contribution < -0.4 is 11.1 Å². The molecule has 1 atom stereocenters. The van der Waals surface area contributed by atoms with E-state index in [4.69, 9.17) is 5.73 Å². The molecule has 0 bridgehead atoms. The lowest BCUT2D eigenvalue weighted by Crippen LogP contribution is -2.25. The van der Waals surface area contributed by atoms with Crippen molar-refractivity contribution in [2.24, 2.45) is 0 Å². The molecule has 0 aliphatic carbocycles. The van der Waals surface area contributed by atoms with Crippen LogP contribution in [0.1, 0.15) is 34.5 Å². The zero-order valence-corrected chi connectivity index (χ0v) is 17.4. The Morgan fingerprint density at radius 1 is 1.36 bits per heavy atom. The molecule has 1 amide bonds. The third kappa shape index (κ3) is 4.03. The molecule has 1 unspecified atom stereocenters. The third-order valence-corrected chi connectivity index (χ3v) is 6.54. The molecule has 0 aliphatic rings. The van der Waals surface area contributed by atoms with Crippen molar-refractivity contribution in [2.75, 3.05) is 11.1 Å². The number of carbonyl (C=O) groups is 1.